The Morgan fingerprint density at radius 1 is 1.25 bits per heavy atom. The highest BCUT2D eigenvalue weighted by atomic mass is 16.3. The molecule has 2 aliphatic rings. The van der Waals surface area contributed by atoms with Gasteiger partial charge in [-0.2, -0.15) is 0 Å². The van der Waals surface area contributed by atoms with Gasteiger partial charge in [0.15, 0.2) is 0 Å². The third kappa shape index (κ3) is 1.48. The summed E-state index contributed by atoms with van der Waals surface area (Å²) in [6, 6.07) is 8.72. The lowest BCUT2D eigenvalue weighted by molar-refractivity contribution is 0.211. The molecule has 0 heterocycles. The van der Waals surface area contributed by atoms with E-state index in [0.29, 0.717) is 12.5 Å². The van der Waals surface area contributed by atoms with Crippen LogP contribution < -0.4 is 5.73 Å². The van der Waals surface area contributed by atoms with Crippen LogP contribution in [-0.2, 0) is 0 Å². The molecule has 1 aromatic rings. The first-order valence-corrected chi connectivity index (χ1v) is 6.20. The molecule has 86 valence electrons. The zero-order chi connectivity index (χ0) is 11.2. The van der Waals surface area contributed by atoms with Gasteiger partial charge in [-0.15, -0.1) is 0 Å². The Morgan fingerprint density at radius 2 is 1.94 bits per heavy atom. The van der Waals surface area contributed by atoms with Crippen LogP contribution in [-0.4, -0.2) is 18.3 Å². The highest BCUT2D eigenvalue weighted by Gasteiger charge is 2.54. The van der Waals surface area contributed by atoms with Crippen molar-refractivity contribution in [2.45, 2.75) is 31.1 Å². The predicted molar refractivity (Wildman–Crippen MR) is 64.3 cm³/mol. The molecule has 0 amide bonds. The average molecular weight is 217 g/mol. The van der Waals surface area contributed by atoms with Crippen molar-refractivity contribution >= 4 is 0 Å². The molecule has 1 aromatic carbocycles. The maximum absolute atomic E-state index is 9.45. The summed E-state index contributed by atoms with van der Waals surface area (Å²) in [5, 5.41) is 9.45. The normalized spacial score (nSPS) is 32.8. The Bertz CT molecular complexity index is 393. The quantitative estimate of drug-likeness (QED) is 0.810. The molecule has 2 saturated carbocycles. The van der Waals surface area contributed by atoms with E-state index in [9.17, 15) is 5.11 Å². The Kier molecular flexibility index (Phi) is 2.30. The van der Waals surface area contributed by atoms with Crippen molar-refractivity contribution in [2.75, 3.05) is 13.2 Å². The van der Waals surface area contributed by atoms with Crippen LogP contribution in [0.3, 0.4) is 0 Å². The van der Waals surface area contributed by atoms with Crippen molar-refractivity contribution < 1.29 is 5.11 Å². The van der Waals surface area contributed by atoms with Crippen LogP contribution >= 0.6 is 0 Å². The summed E-state index contributed by atoms with van der Waals surface area (Å²) in [6.07, 6.45) is 3.72. The Balaban J connectivity index is 1.90. The summed E-state index contributed by atoms with van der Waals surface area (Å²) in [5.41, 5.74) is 8.74. The predicted octanol–water partition coefficient (Wildman–Crippen LogP) is 1.99. The van der Waals surface area contributed by atoms with Gasteiger partial charge in [-0.05, 0) is 42.2 Å². The van der Waals surface area contributed by atoms with Crippen molar-refractivity contribution in [3.8, 4) is 0 Å². The van der Waals surface area contributed by atoms with Gasteiger partial charge in [-0.1, -0.05) is 24.3 Å². The van der Waals surface area contributed by atoms with Gasteiger partial charge >= 0.3 is 0 Å². The van der Waals surface area contributed by atoms with E-state index >= 15 is 0 Å². The van der Waals surface area contributed by atoms with Gasteiger partial charge in [0.05, 0.1) is 6.61 Å². The summed E-state index contributed by atoms with van der Waals surface area (Å²) in [4.78, 5) is 0. The van der Waals surface area contributed by atoms with E-state index in [1.165, 1.54) is 24.0 Å². The van der Waals surface area contributed by atoms with Crippen LogP contribution in [0.15, 0.2) is 24.3 Å². The number of aliphatic hydroxyl groups excluding tert-OH is 1. The van der Waals surface area contributed by atoms with Crippen molar-refractivity contribution in [3.05, 3.63) is 35.4 Å². The number of hydrogen-bond donors (Lipinski definition) is 2. The van der Waals surface area contributed by atoms with E-state index in [2.05, 4.69) is 24.3 Å². The highest BCUT2D eigenvalue weighted by molar-refractivity contribution is 5.41. The molecule has 0 radical (unpaired) electrons. The molecule has 2 atom stereocenters. The lowest BCUT2D eigenvalue weighted by atomic mass is 9.94. The van der Waals surface area contributed by atoms with E-state index in [-0.39, 0.29) is 12.0 Å². The second kappa shape index (κ2) is 3.57. The lowest BCUT2D eigenvalue weighted by Crippen LogP contribution is -2.21. The molecular weight excluding hydrogens is 198 g/mol. The lowest BCUT2D eigenvalue weighted by Gasteiger charge is -2.14. The maximum Gasteiger partial charge on any atom is 0.0505 e. The summed E-state index contributed by atoms with van der Waals surface area (Å²) in [6.45, 7) is 0.834. The number of hydrogen-bond acceptors (Lipinski definition) is 2. The first kappa shape index (κ1) is 10.3. The van der Waals surface area contributed by atoms with Gasteiger partial charge in [0.25, 0.3) is 0 Å². The smallest absolute Gasteiger partial charge is 0.0505 e. The van der Waals surface area contributed by atoms with E-state index < -0.39 is 0 Å². The number of aliphatic hydroxyl groups is 1. The Hall–Kier alpha value is -0.860. The van der Waals surface area contributed by atoms with Crippen molar-refractivity contribution in [1.29, 1.82) is 0 Å². The molecule has 3 N–H and O–H groups in total. The third-order valence-corrected chi connectivity index (χ3v) is 4.30. The molecule has 2 unspecified atom stereocenters. The molecule has 3 rings (SSSR count). The highest BCUT2D eigenvalue weighted by Crippen LogP contribution is 2.60. The van der Waals surface area contributed by atoms with Crippen LogP contribution in [0.1, 0.15) is 42.2 Å². The van der Waals surface area contributed by atoms with Gasteiger partial charge in [0.1, 0.15) is 0 Å². The van der Waals surface area contributed by atoms with E-state index in [0.717, 1.165) is 12.3 Å². The SMILES string of the molecule is NCC1(CO)CC1c1ccccc1C1CC1. The fourth-order valence-corrected chi connectivity index (χ4v) is 2.85. The average Bonchev–Trinajstić information content (AvgIpc) is 3.23. The zero-order valence-corrected chi connectivity index (χ0v) is 9.52. The van der Waals surface area contributed by atoms with E-state index in [4.69, 9.17) is 5.73 Å². The molecule has 0 aromatic heterocycles. The zero-order valence-electron chi connectivity index (χ0n) is 9.52. The second-order valence-corrected chi connectivity index (χ2v) is 5.38. The van der Waals surface area contributed by atoms with E-state index in [1.54, 1.807) is 0 Å². The topological polar surface area (TPSA) is 46.2 Å². The van der Waals surface area contributed by atoms with Crippen molar-refractivity contribution in [3.63, 3.8) is 0 Å². The Morgan fingerprint density at radius 3 is 2.44 bits per heavy atom. The van der Waals surface area contributed by atoms with Crippen LogP contribution in [0.5, 0.6) is 0 Å². The minimum Gasteiger partial charge on any atom is -0.396 e. The molecule has 2 heteroatoms. The first-order valence-electron chi connectivity index (χ1n) is 6.20. The van der Waals surface area contributed by atoms with Crippen LogP contribution in [0.2, 0.25) is 0 Å². The molecule has 16 heavy (non-hydrogen) atoms. The van der Waals surface area contributed by atoms with Gasteiger partial charge in [-0.3, -0.25) is 0 Å². The van der Waals surface area contributed by atoms with Gasteiger partial charge in [-0.25, -0.2) is 0 Å². The van der Waals surface area contributed by atoms with Crippen LogP contribution in [0.25, 0.3) is 0 Å². The van der Waals surface area contributed by atoms with E-state index in [1.807, 2.05) is 0 Å². The monoisotopic (exact) mass is 217 g/mol. The summed E-state index contributed by atoms with van der Waals surface area (Å²) >= 11 is 0. The molecule has 2 fully saturated rings. The fraction of sp³-hybridized carbons (Fsp3) is 0.571. The summed E-state index contributed by atoms with van der Waals surface area (Å²) in [5.74, 6) is 1.28. The maximum atomic E-state index is 9.45. The number of nitrogens with two attached hydrogens (primary N) is 1. The van der Waals surface area contributed by atoms with Gasteiger partial charge < -0.3 is 10.8 Å². The second-order valence-electron chi connectivity index (χ2n) is 5.38. The van der Waals surface area contributed by atoms with Crippen molar-refractivity contribution in [1.82, 2.24) is 0 Å². The molecule has 0 spiro atoms. The summed E-state index contributed by atoms with van der Waals surface area (Å²) < 4.78 is 0. The fourth-order valence-electron chi connectivity index (χ4n) is 2.85. The minimum atomic E-state index is -0.00894. The molecule has 0 saturated heterocycles. The molecule has 0 bridgehead atoms. The standard InChI is InChI=1S/C14H19NO/c15-8-14(9-16)7-13(14)12-4-2-1-3-11(12)10-5-6-10/h1-4,10,13,16H,5-9,15H2. The minimum absolute atomic E-state index is 0.00894. The van der Waals surface area contributed by atoms with Crippen LogP contribution in [0, 0.1) is 5.41 Å². The third-order valence-electron chi connectivity index (χ3n) is 4.30. The number of benzene rings is 1. The first-order chi connectivity index (χ1) is 7.80. The molecule has 2 nitrogen and oxygen atoms in total. The number of rotatable bonds is 4. The molecular formula is C14H19NO. The van der Waals surface area contributed by atoms with Gasteiger partial charge in [0.2, 0.25) is 0 Å². The molecule has 0 aliphatic heterocycles. The largest absolute Gasteiger partial charge is 0.396 e. The Labute approximate surface area is 96.5 Å². The van der Waals surface area contributed by atoms with Gasteiger partial charge in [0, 0.05) is 12.0 Å². The summed E-state index contributed by atoms with van der Waals surface area (Å²) in [7, 11) is 0. The van der Waals surface area contributed by atoms with Crippen LogP contribution in [0.4, 0.5) is 0 Å². The molecule has 2 aliphatic carbocycles. The van der Waals surface area contributed by atoms with Crippen molar-refractivity contribution in [2.24, 2.45) is 11.1 Å².